The van der Waals surface area contributed by atoms with Crippen LogP contribution in [0, 0.1) is 10.1 Å². The van der Waals surface area contributed by atoms with E-state index >= 15 is 0 Å². The Balaban J connectivity index is 1.41. The Labute approximate surface area is 203 Å². The molecule has 0 aliphatic carbocycles. The van der Waals surface area contributed by atoms with Crippen LogP contribution in [0.25, 0.3) is 10.1 Å². The number of halogens is 1. The fourth-order valence-corrected chi connectivity index (χ4v) is 4.25. The van der Waals surface area contributed by atoms with E-state index in [1.54, 1.807) is 36.4 Å². The number of rotatable bonds is 8. The minimum atomic E-state index is -0.470. The highest BCUT2D eigenvalue weighted by molar-refractivity contribution is 7.20. The zero-order valence-electron chi connectivity index (χ0n) is 17.9. The van der Waals surface area contributed by atoms with E-state index in [4.69, 9.17) is 21.1 Å². The van der Waals surface area contributed by atoms with E-state index < -0.39 is 10.8 Å². The average molecular weight is 496 g/mol. The largest absolute Gasteiger partial charge is 0.493 e. The van der Waals surface area contributed by atoms with E-state index in [0.29, 0.717) is 32.3 Å². The number of carbonyl (C=O) groups excluding carboxylic acids is 1. The van der Waals surface area contributed by atoms with Crippen LogP contribution in [-0.4, -0.2) is 24.2 Å². The highest BCUT2D eigenvalue weighted by atomic mass is 35.5. The van der Waals surface area contributed by atoms with Crippen LogP contribution in [-0.2, 0) is 6.61 Å². The molecule has 34 heavy (non-hydrogen) atoms. The van der Waals surface area contributed by atoms with Crippen molar-refractivity contribution < 1.29 is 19.2 Å². The lowest BCUT2D eigenvalue weighted by Crippen LogP contribution is -2.16. The molecule has 8 nitrogen and oxygen atoms in total. The van der Waals surface area contributed by atoms with E-state index in [9.17, 15) is 14.9 Å². The second kappa shape index (κ2) is 10.3. The molecule has 0 fully saturated rings. The highest BCUT2D eigenvalue weighted by Crippen LogP contribution is 2.30. The third kappa shape index (κ3) is 5.33. The van der Waals surface area contributed by atoms with E-state index in [2.05, 4.69) is 10.5 Å². The molecule has 0 saturated carbocycles. The minimum Gasteiger partial charge on any atom is -0.493 e. The standard InChI is InChI=1S/C24H18ClN3O5S/c1-32-21-10-15(6-8-20(21)33-14-16-4-2-3-5-19(16)25)13-26-27-24(29)23-12-17-11-18(28(30)31)7-9-22(17)34-23/h2-13H,14H2,1H3,(H,27,29)/b26-13-. The van der Waals surface area contributed by atoms with Crippen LogP contribution in [0.2, 0.25) is 5.02 Å². The second-order valence-corrected chi connectivity index (χ2v) is 8.57. The Morgan fingerprint density at radius 1 is 1.15 bits per heavy atom. The number of nitrogens with zero attached hydrogens (tertiary/aromatic N) is 2. The molecule has 0 radical (unpaired) electrons. The maximum Gasteiger partial charge on any atom is 0.281 e. The number of nitrogens with one attached hydrogen (secondary N) is 1. The van der Waals surface area contributed by atoms with Crippen LogP contribution in [0.15, 0.2) is 71.8 Å². The van der Waals surface area contributed by atoms with Crippen LogP contribution >= 0.6 is 22.9 Å². The normalized spacial score (nSPS) is 11.0. The van der Waals surface area contributed by atoms with Crippen LogP contribution in [0.1, 0.15) is 20.8 Å². The number of fused-ring (bicyclic) bond motifs is 1. The van der Waals surface area contributed by atoms with Crippen molar-refractivity contribution in [1.82, 2.24) is 5.43 Å². The number of benzene rings is 3. The van der Waals surface area contributed by atoms with Gasteiger partial charge in [0.2, 0.25) is 0 Å². The van der Waals surface area contributed by atoms with Gasteiger partial charge in [-0.15, -0.1) is 11.3 Å². The first-order valence-corrected chi connectivity index (χ1v) is 11.2. The molecule has 1 N–H and O–H groups in total. The van der Waals surface area contributed by atoms with Crippen molar-refractivity contribution in [1.29, 1.82) is 0 Å². The Bertz CT molecular complexity index is 1400. The van der Waals surface area contributed by atoms with Crippen LogP contribution in [0.5, 0.6) is 11.5 Å². The van der Waals surface area contributed by atoms with Gasteiger partial charge in [0.15, 0.2) is 11.5 Å². The quantitative estimate of drug-likeness (QED) is 0.188. The first-order chi connectivity index (χ1) is 16.4. The molecule has 0 atom stereocenters. The molecule has 1 aromatic heterocycles. The zero-order valence-corrected chi connectivity index (χ0v) is 19.4. The van der Waals surface area contributed by atoms with Gasteiger partial charge < -0.3 is 9.47 Å². The van der Waals surface area contributed by atoms with Gasteiger partial charge in [-0.3, -0.25) is 14.9 Å². The van der Waals surface area contributed by atoms with E-state index in [1.807, 2.05) is 18.2 Å². The second-order valence-electron chi connectivity index (χ2n) is 7.08. The molecule has 0 aliphatic rings. The summed E-state index contributed by atoms with van der Waals surface area (Å²) in [4.78, 5) is 23.3. The molecule has 0 unspecified atom stereocenters. The van der Waals surface area contributed by atoms with Crippen LogP contribution < -0.4 is 14.9 Å². The fourth-order valence-electron chi connectivity index (χ4n) is 3.13. The molecule has 0 spiro atoms. The number of hydrogen-bond donors (Lipinski definition) is 1. The van der Waals surface area contributed by atoms with Gasteiger partial charge in [0.05, 0.1) is 23.1 Å². The van der Waals surface area contributed by atoms with Gasteiger partial charge >= 0.3 is 0 Å². The number of amides is 1. The summed E-state index contributed by atoms with van der Waals surface area (Å²) in [7, 11) is 1.53. The molecular formula is C24H18ClN3O5S. The van der Waals surface area contributed by atoms with Crippen LogP contribution in [0.3, 0.4) is 0 Å². The molecule has 3 aromatic carbocycles. The highest BCUT2D eigenvalue weighted by Gasteiger charge is 2.13. The number of nitro benzene ring substituents is 1. The van der Waals surface area contributed by atoms with Gasteiger partial charge in [0.25, 0.3) is 11.6 Å². The number of hydrazone groups is 1. The lowest BCUT2D eigenvalue weighted by Gasteiger charge is -2.12. The molecule has 4 aromatic rings. The van der Waals surface area contributed by atoms with Crippen molar-refractivity contribution in [2.45, 2.75) is 6.61 Å². The first-order valence-electron chi connectivity index (χ1n) is 10.0. The molecular weight excluding hydrogens is 478 g/mol. The van der Waals surface area contributed by atoms with Crippen molar-refractivity contribution >= 4 is 50.8 Å². The van der Waals surface area contributed by atoms with Gasteiger partial charge in [-0.25, -0.2) is 5.43 Å². The number of ether oxygens (including phenoxy) is 2. The topological polar surface area (TPSA) is 103 Å². The summed E-state index contributed by atoms with van der Waals surface area (Å²) in [5, 5.41) is 16.2. The number of methoxy groups -OCH3 is 1. The summed E-state index contributed by atoms with van der Waals surface area (Å²) >= 11 is 7.40. The molecule has 1 heterocycles. The lowest BCUT2D eigenvalue weighted by atomic mass is 10.2. The van der Waals surface area contributed by atoms with E-state index in [1.165, 1.54) is 36.8 Å². The van der Waals surface area contributed by atoms with Crippen molar-refractivity contribution in [3.8, 4) is 11.5 Å². The van der Waals surface area contributed by atoms with Gasteiger partial charge in [0.1, 0.15) is 6.61 Å². The molecule has 0 bridgehead atoms. The summed E-state index contributed by atoms with van der Waals surface area (Å²) in [5.41, 5.74) is 3.99. The average Bonchev–Trinajstić information content (AvgIpc) is 3.27. The number of nitro groups is 1. The summed E-state index contributed by atoms with van der Waals surface area (Å²) < 4.78 is 12.0. The number of carbonyl (C=O) groups is 1. The molecule has 172 valence electrons. The number of hydrogen-bond acceptors (Lipinski definition) is 7. The molecule has 1 amide bonds. The van der Waals surface area contributed by atoms with Gasteiger partial charge in [-0.2, -0.15) is 5.10 Å². The van der Waals surface area contributed by atoms with E-state index in [0.717, 1.165) is 10.3 Å². The third-order valence-electron chi connectivity index (χ3n) is 4.84. The Morgan fingerprint density at radius 2 is 1.97 bits per heavy atom. The maximum absolute atomic E-state index is 12.4. The smallest absolute Gasteiger partial charge is 0.281 e. The van der Waals surface area contributed by atoms with Gasteiger partial charge in [-0.1, -0.05) is 29.8 Å². The van der Waals surface area contributed by atoms with Crippen molar-refractivity contribution in [2.24, 2.45) is 5.10 Å². The van der Waals surface area contributed by atoms with Crippen molar-refractivity contribution in [2.75, 3.05) is 7.11 Å². The third-order valence-corrected chi connectivity index (χ3v) is 6.33. The Morgan fingerprint density at radius 3 is 2.74 bits per heavy atom. The molecule has 10 heteroatoms. The maximum atomic E-state index is 12.4. The summed E-state index contributed by atoms with van der Waals surface area (Å²) in [6, 6.07) is 18.8. The monoisotopic (exact) mass is 495 g/mol. The Kier molecular flexibility index (Phi) is 7.05. The summed E-state index contributed by atoms with van der Waals surface area (Å²) in [6.07, 6.45) is 1.48. The SMILES string of the molecule is COc1cc(/C=N\NC(=O)c2cc3cc([N+](=O)[O-])ccc3s2)ccc1OCc1ccccc1Cl. The molecule has 4 rings (SSSR count). The first kappa shape index (κ1) is 23.2. The predicted molar refractivity (Wildman–Crippen MR) is 132 cm³/mol. The summed E-state index contributed by atoms with van der Waals surface area (Å²) in [5.74, 6) is 0.642. The predicted octanol–water partition coefficient (Wildman–Crippen LogP) is 5.81. The minimum absolute atomic E-state index is 0.0245. The fraction of sp³-hybridized carbons (Fsp3) is 0.0833. The summed E-state index contributed by atoms with van der Waals surface area (Å²) in [6.45, 7) is 0.290. The van der Waals surface area contributed by atoms with E-state index in [-0.39, 0.29) is 12.3 Å². The van der Waals surface area contributed by atoms with Gasteiger partial charge in [0, 0.05) is 32.8 Å². The molecule has 0 saturated heterocycles. The zero-order chi connectivity index (χ0) is 24.1. The van der Waals surface area contributed by atoms with Crippen molar-refractivity contribution in [3.05, 3.63) is 97.9 Å². The van der Waals surface area contributed by atoms with Crippen LogP contribution in [0.4, 0.5) is 5.69 Å². The number of non-ortho nitro benzene ring substituents is 1. The number of thiophene rings is 1. The van der Waals surface area contributed by atoms with Crippen molar-refractivity contribution in [3.63, 3.8) is 0 Å². The Hall–Kier alpha value is -3.95. The lowest BCUT2D eigenvalue weighted by molar-refractivity contribution is -0.384. The molecule has 0 aliphatic heterocycles. The van der Waals surface area contributed by atoms with Gasteiger partial charge in [-0.05, 0) is 42.0 Å².